The van der Waals surface area contributed by atoms with Crippen LogP contribution in [-0.2, 0) is 25.1 Å². The van der Waals surface area contributed by atoms with Gasteiger partial charge in [0.05, 0.1) is 6.16 Å². The first-order chi connectivity index (χ1) is 14.7. The normalized spacial score (nSPS) is 13.1. The zero-order chi connectivity index (χ0) is 22.6. The Hall–Kier alpha value is -2.82. The summed E-state index contributed by atoms with van der Waals surface area (Å²) in [7, 11) is -2.07. The third-order valence-electron chi connectivity index (χ3n) is 5.31. The number of halogens is 1. The fourth-order valence-corrected chi connectivity index (χ4v) is 5.49. The minimum atomic E-state index is -3.35. The Kier molecular flexibility index (Phi) is 7.04. The predicted molar refractivity (Wildman–Crippen MR) is 119 cm³/mol. The first-order valence-corrected chi connectivity index (χ1v) is 11.9. The van der Waals surface area contributed by atoms with E-state index < -0.39 is 31.7 Å². The van der Waals surface area contributed by atoms with Crippen molar-refractivity contribution in [2.75, 3.05) is 19.4 Å². The Morgan fingerprint density at radius 3 is 2.42 bits per heavy atom. The molecule has 162 valence electrons. The Balaban J connectivity index is 2.01. The van der Waals surface area contributed by atoms with Crippen LogP contribution >= 0.6 is 7.37 Å². The minimum Gasteiger partial charge on any atom is -0.481 e. The van der Waals surface area contributed by atoms with Crippen LogP contribution in [0.2, 0.25) is 0 Å². The second-order valence-corrected chi connectivity index (χ2v) is 10.3. The van der Waals surface area contributed by atoms with E-state index in [0.717, 1.165) is 33.0 Å². The number of fused-ring (bicyclic) bond motifs is 1. The van der Waals surface area contributed by atoms with Crippen LogP contribution < -0.4 is 0 Å². The molecule has 0 aliphatic heterocycles. The summed E-state index contributed by atoms with van der Waals surface area (Å²) in [6, 6.07) is 16.2. The fraction of sp³-hybridized carbons (Fsp3) is 0.250. The molecule has 0 spiro atoms. The number of benzene rings is 3. The number of carboxylic acids is 1. The number of carboxylic acid groups (broad SMARTS) is 1. The molecule has 31 heavy (non-hydrogen) atoms. The number of carbonyl (C=O) groups is 2. The molecule has 0 heterocycles. The largest absolute Gasteiger partial charge is 0.481 e. The lowest BCUT2D eigenvalue weighted by Gasteiger charge is -2.20. The van der Waals surface area contributed by atoms with Crippen LogP contribution in [0.5, 0.6) is 0 Å². The van der Waals surface area contributed by atoms with Gasteiger partial charge >= 0.3 is 5.97 Å². The van der Waals surface area contributed by atoms with Crippen LogP contribution in [0, 0.1) is 12.7 Å². The highest BCUT2D eigenvalue weighted by atomic mass is 31.2. The summed E-state index contributed by atoms with van der Waals surface area (Å²) in [6.45, 7) is 1.96. The van der Waals surface area contributed by atoms with Gasteiger partial charge < -0.3 is 9.63 Å². The van der Waals surface area contributed by atoms with Gasteiger partial charge in [0.2, 0.25) is 7.37 Å². The van der Waals surface area contributed by atoms with Gasteiger partial charge in [0.15, 0.2) is 5.78 Å². The average molecular weight is 442 g/mol. The zero-order valence-corrected chi connectivity index (χ0v) is 18.3. The van der Waals surface area contributed by atoms with Crippen LogP contribution in [-0.4, -0.2) is 36.3 Å². The Bertz CT molecular complexity index is 1170. The molecule has 3 aromatic rings. The molecule has 0 bridgehead atoms. The molecule has 0 saturated carbocycles. The molecule has 0 fully saturated rings. The molecule has 5 nitrogen and oxygen atoms in total. The standard InChI is InChI=1S/C24H24FO5P/c1-16-13-18-5-3-4-6-22(18)24(17-7-9-19(25)10-8-17)21(16)11-12-31(29,30-2)15-20(26)14-23(27)28/h3-10,13H,11-12,14-15H2,1-2H3,(H,27,28). The van der Waals surface area contributed by atoms with E-state index in [1.54, 1.807) is 12.1 Å². The van der Waals surface area contributed by atoms with E-state index >= 15 is 0 Å². The third kappa shape index (κ3) is 5.46. The SMILES string of the molecule is COP(=O)(CCc1c(C)cc2ccccc2c1-c1ccc(F)cc1)CC(=O)CC(=O)O. The first kappa shape index (κ1) is 22.9. The molecule has 7 heteroatoms. The molecular formula is C24H24FO5P. The van der Waals surface area contributed by atoms with Gasteiger partial charge in [-0.05, 0) is 58.5 Å². The quantitative estimate of drug-likeness (QED) is 0.351. The summed E-state index contributed by atoms with van der Waals surface area (Å²) < 4.78 is 31.9. The number of aryl methyl sites for hydroxylation is 1. The van der Waals surface area contributed by atoms with E-state index in [0.29, 0.717) is 6.42 Å². The molecule has 0 saturated heterocycles. The lowest BCUT2D eigenvalue weighted by Crippen LogP contribution is -2.14. The second-order valence-electron chi connectivity index (χ2n) is 7.51. The van der Waals surface area contributed by atoms with Crippen molar-refractivity contribution in [3.63, 3.8) is 0 Å². The highest BCUT2D eigenvalue weighted by molar-refractivity contribution is 7.59. The van der Waals surface area contributed by atoms with Crippen LogP contribution in [0.4, 0.5) is 4.39 Å². The lowest BCUT2D eigenvalue weighted by molar-refractivity contribution is -0.139. The molecule has 0 radical (unpaired) electrons. The zero-order valence-electron chi connectivity index (χ0n) is 17.4. The van der Waals surface area contributed by atoms with Gasteiger partial charge in [0, 0.05) is 13.3 Å². The number of carbonyl (C=O) groups excluding carboxylic acids is 1. The molecule has 0 aliphatic rings. The second kappa shape index (κ2) is 9.54. The topological polar surface area (TPSA) is 80.7 Å². The van der Waals surface area contributed by atoms with Crippen molar-refractivity contribution in [2.24, 2.45) is 0 Å². The molecule has 0 amide bonds. The van der Waals surface area contributed by atoms with Crippen molar-refractivity contribution in [2.45, 2.75) is 19.8 Å². The maximum Gasteiger partial charge on any atom is 0.310 e. The van der Waals surface area contributed by atoms with E-state index in [1.165, 1.54) is 19.2 Å². The van der Waals surface area contributed by atoms with Crippen molar-refractivity contribution < 1.29 is 28.2 Å². The molecule has 0 aliphatic carbocycles. The minimum absolute atomic E-state index is 0.0994. The molecule has 0 aromatic heterocycles. The smallest absolute Gasteiger partial charge is 0.310 e. The maximum absolute atomic E-state index is 13.5. The number of hydrogen-bond acceptors (Lipinski definition) is 4. The summed E-state index contributed by atoms with van der Waals surface area (Å²) in [6.07, 6.45) is -0.616. The molecule has 1 atom stereocenters. The highest BCUT2D eigenvalue weighted by Gasteiger charge is 2.27. The van der Waals surface area contributed by atoms with Gasteiger partial charge in [-0.15, -0.1) is 0 Å². The average Bonchev–Trinajstić information content (AvgIpc) is 2.72. The highest BCUT2D eigenvalue weighted by Crippen LogP contribution is 2.47. The Labute approximate surface area is 180 Å². The van der Waals surface area contributed by atoms with Gasteiger partial charge in [-0.2, -0.15) is 0 Å². The van der Waals surface area contributed by atoms with Gasteiger partial charge in [-0.1, -0.05) is 42.5 Å². The van der Waals surface area contributed by atoms with Crippen molar-refractivity contribution in [3.8, 4) is 11.1 Å². The van der Waals surface area contributed by atoms with Crippen LogP contribution in [0.3, 0.4) is 0 Å². The summed E-state index contributed by atoms with van der Waals surface area (Å²) >= 11 is 0. The van der Waals surface area contributed by atoms with Gasteiger partial charge in [0.25, 0.3) is 0 Å². The molecule has 1 unspecified atom stereocenters. The van der Waals surface area contributed by atoms with Gasteiger partial charge in [-0.3, -0.25) is 14.2 Å². The third-order valence-corrected chi connectivity index (χ3v) is 7.72. The number of ketones is 1. The Morgan fingerprint density at radius 2 is 1.77 bits per heavy atom. The molecule has 3 aromatic carbocycles. The summed E-state index contributed by atoms with van der Waals surface area (Å²) in [4.78, 5) is 22.7. The van der Waals surface area contributed by atoms with Crippen LogP contribution in [0.25, 0.3) is 21.9 Å². The molecule has 1 N–H and O–H groups in total. The van der Waals surface area contributed by atoms with Gasteiger partial charge in [-0.25, -0.2) is 4.39 Å². The number of hydrogen-bond donors (Lipinski definition) is 1. The van der Waals surface area contributed by atoms with E-state index in [9.17, 15) is 18.5 Å². The van der Waals surface area contributed by atoms with Gasteiger partial charge in [0.1, 0.15) is 12.2 Å². The van der Waals surface area contributed by atoms with Crippen LogP contribution in [0.15, 0.2) is 54.6 Å². The summed E-state index contributed by atoms with van der Waals surface area (Å²) in [5.74, 6) is -2.20. The molecular weight excluding hydrogens is 418 g/mol. The molecule has 3 rings (SSSR count). The Morgan fingerprint density at radius 1 is 1.10 bits per heavy atom. The number of rotatable bonds is 9. The van der Waals surface area contributed by atoms with Crippen molar-refractivity contribution in [1.82, 2.24) is 0 Å². The number of Topliss-reactive ketones (excluding diaryl/α,β-unsaturated/α-hetero) is 1. The monoisotopic (exact) mass is 442 g/mol. The first-order valence-electron chi connectivity index (χ1n) is 9.87. The van der Waals surface area contributed by atoms with Crippen molar-refractivity contribution >= 4 is 29.9 Å². The van der Waals surface area contributed by atoms with Crippen molar-refractivity contribution in [1.29, 1.82) is 0 Å². The lowest BCUT2D eigenvalue weighted by atomic mass is 9.89. The fourth-order valence-electron chi connectivity index (χ4n) is 3.81. The van der Waals surface area contributed by atoms with E-state index in [2.05, 4.69) is 0 Å². The van der Waals surface area contributed by atoms with E-state index in [4.69, 9.17) is 9.63 Å². The predicted octanol–water partition coefficient (Wildman–Crippen LogP) is 5.47. The summed E-state index contributed by atoms with van der Waals surface area (Å²) in [5.41, 5.74) is 3.69. The summed E-state index contributed by atoms with van der Waals surface area (Å²) in [5, 5.41) is 10.8. The maximum atomic E-state index is 13.5. The van der Waals surface area contributed by atoms with E-state index in [1.807, 2.05) is 37.3 Å². The van der Waals surface area contributed by atoms with Crippen molar-refractivity contribution in [3.05, 3.63) is 71.5 Å². The van der Waals surface area contributed by atoms with Crippen LogP contribution in [0.1, 0.15) is 17.5 Å². The number of aliphatic carboxylic acids is 1. The van der Waals surface area contributed by atoms with E-state index in [-0.39, 0.29) is 12.0 Å².